The lowest BCUT2D eigenvalue weighted by Gasteiger charge is -2.15. The molecule has 3 aromatic rings. The molecule has 4 nitrogen and oxygen atoms in total. The minimum Gasteiger partial charge on any atom is -0.325 e. The Balaban J connectivity index is 1.81. The highest BCUT2D eigenvalue weighted by molar-refractivity contribution is 8.00. The predicted molar refractivity (Wildman–Crippen MR) is 104 cm³/mol. The van der Waals surface area contributed by atoms with E-state index in [-0.39, 0.29) is 11.2 Å². The summed E-state index contributed by atoms with van der Waals surface area (Å²) in [6.07, 6.45) is 0. The summed E-state index contributed by atoms with van der Waals surface area (Å²) in [7, 11) is 0. The number of benzene rings is 2. The lowest BCUT2D eigenvalue weighted by molar-refractivity contribution is -0.115. The smallest absolute Gasteiger partial charge is 0.237 e. The number of aryl methyl sites for hydroxylation is 1. The molecule has 0 unspecified atom stereocenters. The first-order valence-electron chi connectivity index (χ1n) is 7.91. The van der Waals surface area contributed by atoms with Crippen LogP contribution in [0.15, 0.2) is 47.5 Å². The zero-order chi connectivity index (χ0) is 18.0. The van der Waals surface area contributed by atoms with Gasteiger partial charge in [-0.1, -0.05) is 47.6 Å². The van der Waals surface area contributed by atoms with Crippen LogP contribution in [0.25, 0.3) is 10.9 Å². The number of amides is 1. The highest BCUT2D eigenvalue weighted by atomic mass is 35.5. The molecule has 3 rings (SSSR count). The third kappa shape index (κ3) is 3.94. The zero-order valence-electron chi connectivity index (χ0n) is 14.2. The highest BCUT2D eigenvalue weighted by Crippen LogP contribution is 2.30. The number of anilines is 1. The summed E-state index contributed by atoms with van der Waals surface area (Å²) in [6, 6.07) is 13.3. The number of thioether (sulfide) groups is 1. The van der Waals surface area contributed by atoms with E-state index in [2.05, 4.69) is 15.3 Å². The third-order valence-electron chi connectivity index (χ3n) is 3.86. The maximum Gasteiger partial charge on any atom is 0.237 e. The molecule has 1 atom stereocenters. The van der Waals surface area contributed by atoms with Crippen molar-refractivity contribution < 1.29 is 4.79 Å². The lowest BCUT2D eigenvalue weighted by atomic mass is 10.2. The highest BCUT2D eigenvalue weighted by Gasteiger charge is 2.18. The van der Waals surface area contributed by atoms with Gasteiger partial charge in [0.05, 0.1) is 10.8 Å². The summed E-state index contributed by atoms with van der Waals surface area (Å²) >= 11 is 7.54. The summed E-state index contributed by atoms with van der Waals surface area (Å²) in [5.41, 5.74) is 2.47. The average Bonchev–Trinajstić information content (AvgIpc) is 2.58. The molecule has 0 saturated heterocycles. The second-order valence-corrected chi connectivity index (χ2v) is 7.49. The number of aromatic nitrogens is 2. The maximum absolute atomic E-state index is 12.6. The van der Waals surface area contributed by atoms with E-state index in [0.29, 0.717) is 10.8 Å². The quantitative estimate of drug-likeness (QED) is 0.516. The zero-order valence-corrected chi connectivity index (χ0v) is 15.8. The molecule has 1 aromatic heterocycles. The van der Waals surface area contributed by atoms with Gasteiger partial charge in [0.15, 0.2) is 0 Å². The molecule has 2 aromatic carbocycles. The summed E-state index contributed by atoms with van der Waals surface area (Å²) in [5, 5.41) is 5.04. The first-order chi connectivity index (χ1) is 12.0. The maximum atomic E-state index is 12.6. The van der Waals surface area contributed by atoms with E-state index in [1.54, 1.807) is 6.07 Å². The largest absolute Gasteiger partial charge is 0.325 e. The van der Waals surface area contributed by atoms with Crippen molar-refractivity contribution in [3.05, 3.63) is 58.9 Å². The number of fused-ring (bicyclic) bond motifs is 1. The number of halogens is 1. The molecule has 128 valence electrons. The van der Waals surface area contributed by atoms with Gasteiger partial charge in [-0.2, -0.15) is 0 Å². The van der Waals surface area contributed by atoms with Crippen LogP contribution in [-0.4, -0.2) is 21.1 Å². The number of nitrogens with zero attached hydrogens (tertiary/aromatic N) is 2. The third-order valence-corrected chi connectivity index (χ3v) is 5.37. The molecule has 25 heavy (non-hydrogen) atoms. The van der Waals surface area contributed by atoms with Gasteiger partial charge in [0, 0.05) is 16.1 Å². The van der Waals surface area contributed by atoms with E-state index in [1.165, 1.54) is 11.8 Å². The van der Waals surface area contributed by atoms with Crippen LogP contribution in [0.3, 0.4) is 0 Å². The average molecular weight is 372 g/mol. The number of carbonyl (C=O) groups is 1. The Morgan fingerprint density at radius 1 is 1.12 bits per heavy atom. The molecule has 0 aliphatic carbocycles. The Bertz CT molecular complexity index is 945. The van der Waals surface area contributed by atoms with Crippen LogP contribution in [0.1, 0.15) is 18.3 Å². The monoisotopic (exact) mass is 371 g/mol. The van der Waals surface area contributed by atoms with Gasteiger partial charge < -0.3 is 5.32 Å². The summed E-state index contributed by atoms with van der Waals surface area (Å²) in [4.78, 5) is 21.5. The number of carbonyl (C=O) groups excluding carboxylic acids is 1. The van der Waals surface area contributed by atoms with Gasteiger partial charge in [-0.25, -0.2) is 9.97 Å². The number of hydrogen-bond donors (Lipinski definition) is 1. The number of rotatable bonds is 4. The van der Waals surface area contributed by atoms with E-state index < -0.39 is 0 Å². The van der Waals surface area contributed by atoms with Gasteiger partial charge in [-0.15, -0.1) is 0 Å². The molecule has 0 aliphatic heterocycles. The second kappa shape index (κ2) is 7.42. The second-order valence-electron chi connectivity index (χ2n) is 5.75. The van der Waals surface area contributed by atoms with Gasteiger partial charge >= 0.3 is 0 Å². The van der Waals surface area contributed by atoms with Crippen LogP contribution in [0.5, 0.6) is 0 Å². The summed E-state index contributed by atoms with van der Waals surface area (Å²) in [5.74, 6) is 0.607. The van der Waals surface area contributed by atoms with Crippen molar-refractivity contribution in [1.29, 1.82) is 0 Å². The number of para-hydroxylation sites is 1. The van der Waals surface area contributed by atoms with Crippen LogP contribution in [-0.2, 0) is 4.79 Å². The van der Waals surface area contributed by atoms with Gasteiger partial charge in [0.25, 0.3) is 0 Å². The van der Waals surface area contributed by atoms with Crippen molar-refractivity contribution in [2.24, 2.45) is 0 Å². The van der Waals surface area contributed by atoms with Gasteiger partial charge in [0.1, 0.15) is 10.9 Å². The Morgan fingerprint density at radius 3 is 2.68 bits per heavy atom. The SMILES string of the molecule is Cc1nc(S[C@@H](C)C(=O)Nc2cccc(Cl)c2C)c2ccccc2n1. The Labute approximate surface area is 156 Å². The Kier molecular flexibility index (Phi) is 5.25. The molecule has 0 bridgehead atoms. The summed E-state index contributed by atoms with van der Waals surface area (Å²) < 4.78 is 0. The fourth-order valence-corrected chi connectivity index (χ4v) is 3.61. The Morgan fingerprint density at radius 2 is 1.88 bits per heavy atom. The normalized spacial score (nSPS) is 12.2. The van der Waals surface area contributed by atoms with Crippen LogP contribution in [0, 0.1) is 13.8 Å². The number of nitrogens with one attached hydrogen (secondary N) is 1. The minimum atomic E-state index is -0.309. The van der Waals surface area contributed by atoms with Crippen LogP contribution in [0.2, 0.25) is 5.02 Å². The van der Waals surface area contributed by atoms with E-state index in [4.69, 9.17) is 11.6 Å². The van der Waals surface area contributed by atoms with Crippen molar-refractivity contribution in [3.63, 3.8) is 0 Å². The van der Waals surface area contributed by atoms with E-state index in [0.717, 1.165) is 27.2 Å². The molecule has 0 spiro atoms. The Hall–Kier alpha value is -2.11. The molecule has 1 N–H and O–H groups in total. The molecular formula is C19H18ClN3OS. The van der Waals surface area contributed by atoms with Crippen molar-refractivity contribution in [1.82, 2.24) is 9.97 Å². The van der Waals surface area contributed by atoms with Gasteiger partial charge in [-0.3, -0.25) is 4.79 Å². The molecule has 0 saturated carbocycles. The minimum absolute atomic E-state index is 0.0873. The van der Waals surface area contributed by atoms with Gasteiger partial charge in [-0.05, 0) is 44.5 Å². The molecule has 0 radical (unpaired) electrons. The fraction of sp³-hybridized carbons (Fsp3) is 0.211. The molecule has 1 heterocycles. The van der Waals surface area contributed by atoms with Crippen molar-refractivity contribution in [3.8, 4) is 0 Å². The van der Waals surface area contributed by atoms with E-state index in [9.17, 15) is 4.79 Å². The summed E-state index contributed by atoms with van der Waals surface area (Å²) in [6.45, 7) is 5.61. The van der Waals surface area contributed by atoms with E-state index in [1.807, 2.05) is 57.2 Å². The fourth-order valence-electron chi connectivity index (χ4n) is 2.45. The molecule has 6 heteroatoms. The first kappa shape index (κ1) is 17.7. The molecular weight excluding hydrogens is 354 g/mol. The first-order valence-corrected chi connectivity index (χ1v) is 9.17. The lowest BCUT2D eigenvalue weighted by Crippen LogP contribution is -2.23. The molecule has 0 aliphatic rings. The van der Waals surface area contributed by atoms with Gasteiger partial charge in [0.2, 0.25) is 5.91 Å². The van der Waals surface area contributed by atoms with Crippen LogP contribution in [0.4, 0.5) is 5.69 Å². The van der Waals surface area contributed by atoms with Crippen LogP contribution >= 0.6 is 23.4 Å². The number of hydrogen-bond acceptors (Lipinski definition) is 4. The van der Waals surface area contributed by atoms with Crippen molar-refractivity contribution in [2.45, 2.75) is 31.0 Å². The van der Waals surface area contributed by atoms with Crippen LogP contribution < -0.4 is 5.32 Å². The van der Waals surface area contributed by atoms with Crippen molar-refractivity contribution in [2.75, 3.05) is 5.32 Å². The standard InChI is InChI=1S/C19H18ClN3OS/c1-11-15(20)8-6-10-16(11)23-18(24)12(2)25-19-14-7-4-5-9-17(14)21-13(3)22-19/h4-10,12H,1-3H3,(H,23,24)/t12-/m0/s1. The molecule has 0 fully saturated rings. The van der Waals surface area contributed by atoms with Crippen molar-refractivity contribution >= 4 is 45.9 Å². The predicted octanol–water partition coefficient (Wildman–Crippen LogP) is 5.02. The van der Waals surface area contributed by atoms with E-state index >= 15 is 0 Å². The topological polar surface area (TPSA) is 54.9 Å². The molecule has 1 amide bonds.